The van der Waals surface area contributed by atoms with Crippen molar-refractivity contribution in [3.63, 3.8) is 0 Å². The van der Waals surface area contributed by atoms with Crippen molar-refractivity contribution in [3.05, 3.63) is 71.1 Å². The summed E-state index contributed by atoms with van der Waals surface area (Å²) in [6.07, 6.45) is -3.66. The number of nitrogens with two attached hydrogens (primary N) is 3. The smallest absolute Gasteiger partial charge is 0.398 e. The largest absolute Gasteiger partial charge is 0.417 e. The lowest BCUT2D eigenvalue weighted by Gasteiger charge is -2.28. The minimum Gasteiger partial charge on any atom is -0.398 e. The van der Waals surface area contributed by atoms with Crippen molar-refractivity contribution in [3.8, 4) is 0 Å². The van der Waals surface area contributed by atoms with Gasteiger partial charge >= 0.3 is 6.18 Å². The second kappa shape index (κ2) is 9.28. The first-order valence-corrected chi connectivity index (χ1v) is 9.63. The maximum Gasteiger partial charge on any atom is 0.417 e. The molecule has 0 aromatic heterocycles. The number of amides is 1. The summed E-state index contributed by atoms with van der Waals surface area (Å²) in [7, 11) is 0. The monoisotopic (exact) mass is 448 g/mol. The molecule has 8 nitrogen and oxygen atoms in total. The minimum atomic E-state index is -4.78. The average molecular weight is 448 g/mol. The number of ether oxygens (including phenoxy) is 1. The number of nitrogens with one attached hydrogen (secondary N) is 1. The van der Waals surface area contributed by atoms with Gasteiger partial charge in [0.1, 0.15) is 0 Å². The number of hydrazine groups is 1. The third kappa shape index (κ3) is 5.01. The maximum atomic E-state index is 13.7. The summed E-state index contributed by atoms with van der Waals surface area (Å²) in [5.41, 5.74) is 10.6. The van der Waals surface area contributed by atoms with Crippen molar-refractivity contribution >= 4 is 23.0 Å². The molecule has 1 aliphatic rings. The Balaban J connectivity index is 1.90. The quantitative estimate of drug-likeness (QED) is 0.240. The zero-order valence-electron chi connectivity index (χ0n) is 17.0. The first kappa shape index (κ1) is 23.1. The highest BCUT2D eigenvalue weighted by Gasteiger charge is 2.37. The average Bonchev–Trinajstić information content (AvgIpc) is 2.78. The van der Waals surface area contributed by atoms with Crippen molar-refractivity contribution in [2.45, 2.75) is 6.18 Å². The van der Waals surface area contributed by atoms with Crippen LogP contribution in [-0.4, -0.2) is 42.8 Å². The zero-order valence-corrected chi connectivity index (χ0v) is 17.0. The van der Waals surface area contributed by atoms with Gasteiger partial charge < -0.3 is 21.1 Å². The highest BCUT2D eigenvalue weighted by Crippen LogP contribution is 2.35. The van der Waals surface area contributed by atoms with E-state index in [1.54, 1.807) is 24.3 Å². The van der Waals surface area contributed by atoms with E-state index in [9.17, 15) is 18.0 Å². The molecular weight excluding hydrogens is 425 g/mol. The van der Waals surface area contributed by atoms with Gasteiger partial charge in [-0.2, -0.15) is 13.2 Å². The van der Waals surface area contributed by atoms with Crippen LogP contribution in [0.25, 0.3) is 0 Å². The standard InChI is InChI=1S/C21H23F3N6O2/c22-21(23,24)16-11-13(5-6-14(16)20(31)29-7-9-32-10-8-29)30(28)12-18(26)19(27)15-3-1-2-4-17(15)25/h1-6,11-12,27H,7-10,25-26,28H2/b18-12-,27-19?. The van der Waals surface area contributed by atoms with Gasteiger partial charge in [0.05, 0.1) is 41.4 Å². The number of morpholine rings is 1. The molecule has 1 aliphatic heterocycles. The van der Waals surface area contributed by atoms with E-state index >= 15 is 0 Å². The molecule has 1 amide bonds. The number of hydrogen-bond donors (Lipinski definition) is 4. The van der Waals surface area contributed by atoms with E-state index in [1.807, 2.05) is 0 Å². The van der Waals surface area contributed by atoms with Crippen LogP contribution in [0.4, 0.5) is 24.5 Å². The van der Waals surface area contributed by atoms with Gasteiger partial charge in [0, 0.05) is 30.5 Å². The summed E-state index contributed by atoms with van der Waals surface area (Å²) in [5.74, 6) is 5.17. The number of anilines is 2. The molecule has 0 spiro atoms. The molecule has 0 bridgehead atoms. The number of benzene rings is 2. The summed E-state index contributed by atoms with van der Waals surface area (Å²) in [4.78, 5) is 14.0. The molecule has 0 unspecified atom stereocenters. The summed E-state index contributed by atoms with van der Waals surface area (Å²) in [5, 5.41) is 9.04. The molecule has 0 saturated carbocycles. The third-order valence-corrected chi connectivity index (χ3v) is 4.93. The Kier molecular flexibility index (Phi) is 6.70. The van der Waals surface area contributed by atoms with Crippen LogP contribution in [0.15, 0.2) is 54.4 Å². The highest BCUT2D eigenvalue weighted by atomic mass is 19.4. The van der Waals surface area contributed by atoms with Crippen LogP contribution < -0.4 is 22.3 Å². The van der Waals surface area contributed by atoms with Gasteiger partial charge in [0.25, 0.3) is 5.91 Å². The molecule has 1 fully saturated rings. The van der Waals surface area contributed by atoms with Gasteiger partial charge in [-0.25, -0.2) is 5.84 Å². The Morgan fingerprint density at radius 3 is 2.41 bits per heavy atom. The zero-order chi connectivity index (χ0) is 23.5. The summed E-state index contributed by atoms with van der Waals surface area (Å²) >= 11 is 0. The number of nitrogen functional groups attached to an aromatic ring is 1. The number of alkyl halides is 3. The van der Waals surface area contributed by atoms with Crippen LogP contribution in [0, 0.1) is 5.41 Å². The molecule has 0 radical (unpaired) electrons. The lowest BCUT2D eigenvalue weighted by atomic mass is 10.0. The summed E-state index contributed by atoms with van der Waals surface area (Å²) in [6, 6.07) is 9.70. The normalized spacial score (nSPS) is 14.9. The molecule has 32 heavy (non-hydrogen) atoms. The van der Waals surface area contributed by atoms with Crippen LogP contribution in [0.2, 0.25) is 0 Å². The topological polar surface area (TPSA) is 135 Å². The van der Waals surface area contributed by atoms with E-state index in [2.05, 4.69) is 0 Å². The molecule has 0 aliphatic carbocycles. The third-order valence-electron chi connectivity index (χ3n) is 4.93. The van der Waals surface area contributed by atoms with Crippen LogP contribution in [0.5, 0.6) is 0 Å². The lowest BCUT2D eigenvalue weighted by molar-refractivity contribution is -0.138. The lowest BCUT2D eigenvalue weighted by Crippen LogP contribution is -2.41. The summed E-state index contributed by atoms with van der Waals surface area (Å²) in [6.45, 7) is 0.962. The predicted molar refractivity (Wildman–Crippen MR) is 115 cm³/mol. The number of halogens is 3. The number of carbonyl (C=O) groups is 1. The Morgan fingerprint density at radius 2 is 1.78 bits per heavy atom. The molecule has 1 heterocycles. The minimum absolute atomic E-state index is 0.0624. The van der Waals surface area contributed by atoms with E-state index in [4.69, 9.17) is 27.5 Å². The first-order valence-electron chi connectivity index (χ1n) is 9.63. The fourth-order valence-electron chi connectivity index (χ4n) is 3.22. The second-order valence-corrected chi connectivity index (χ2v) is 7.09. The van der Waals surface area contributed by atoms with E-state index in [0.717, 1.165) is 23.3 Å². The van der Waals surface area contributed by atoms with Crippen molar-refractivity contribution in [1.29, 1.82) is 5.41 Å². The Hall–Kier alpha value is -3.57. The molecule has 1 saturated heterocycles. The van der Waals surface area contributed by atoms with Crippen molar-refractivity contribution in [2.75, 3.05) is 37.0 Å². The number of para-hydroxylation sites is 1. The predicted octanol–water partition coefficient (Wildman–Crippen LogP) is 2.31. The SMILES string of the molecule is N=C(/C(N)=C/N(N)c1ccc(C(=O)N2CCOCC2)c(C(F)(F)F)c1)c1ccccc1N. The molecule has 0 atom stereocenters. The van der Waals surface area contributed by atoms with Crippen molar-refractivity contribution in [2.24, 2.45) is 11.6 Å². The highest BCUT2D eigenvalue weighted by molar-refractivity contribution is 6.13. The summed E-state index contributed by atoms with van der Waals surface area (Å²) < 4.78 is 46.3. The second-order valence-electron chi connectivity index (χ2n) is 7.09. The Labute approximate surface area is 182 Å². The number of allylic oxidation sites excluding steroid dienone is 1. The fraction of sp³-hybridized carbons (Fsp3) is 0.238. The molecule has 170 valence electrons. The van der Waals surface area contributed by atoms with Crippen LogP contribution in [0.1, 0.15) is 21.5 Å². The first-order chi connectivity index (χ1) is 15.1. The molecule has 2 aromatic carbocycles. The van der Waals surface area contributed by atoms with Gasteiger partial charge in [0.2, 0.25) is 0 Å². The molecule has 7 N–H and O–H groups in total. The van der Waals surface area contributed by atoms with E-state index in [0.29, 0.717) is 11.3 Å². The molecule has 11 heteroatoms. The molecule has 2 aromatic rings. The van der Waals surface area contributed by atoms with Crippen molar-refractivity contribution < 1.29 is 22.7 Å². The van der Waals surface area contributed by atoms with E-state index < -0.39 is 23.2 Å². The number of carbonyl (C=O) groups excluding carboxylic acids is 1. The number of hydrogen-bond acceptors (Lipinski definition) is 7. The van der Waals surface area contributed by atoms with Crippen molar-refractivity contribution in [1.82, 2.24) is 4.90 Å². The maximum absolute atomic E-state index is 13.7. The van der Waals surface area contributed by atoms with E-state index in [1.165, 1.54) is 11.0 Å². The Morgan fingerprint density at radius 1 is 1.12 bits per heavy atom. The Bertz CT molecular complexity index is 1050. The van der Waals surface area contributed by atoms with Crippen LogP contribution >= 0.6 is 0 Å². The fourth-order valence-corrected chi connectivity index (χ4v) is 3.22. The van der Waals surface area contributed by atoms with Gasteiger partial charge in [0.15, 0.2) is 0 Å². The van der Waals surface area contributed by atoms with Gasteiger partial charge in [-0.15, -0.1) is 0 Å². The number of rotatable bonds is 5. The van der Waals surface area contributed by atoms with E-state index in [-0.39, 0.29) is 43.4 Å². The van der Waals surface area contributed by atoms with Gasteiger partial charge in [-0.1, -0.05) is 18.2 Å². The molecular formula is C21H23F3N6O2. The van der Waals surface area contributed by atoms with Crippen LogP contribution in [0.3, 0.4) is 0 Å². The molecule has 3 rings (SSSR count). The van der Waals surface area contributed by atoms with Gasteiger partial charge in [-0.3, -0.25) is 15.2 Å². The number of nitrogens with zero attached hydrogens (tertiary/aromatic N) is 2. The van der Waals surface area contributed by atoms with Crippen LogP contribution in [-0.2, 0) is 10.9 Å². The van der Waals surface area contributed by atoms with Gasteiger partial charge in [-0.05, 0) is 24.3 Å².